The summed E-state index contributed by atoms with van der Waals surface area (Å²) in [5, 5.41) is 3.58. The highest BCUT2D eigenvalue weighted by Gasteiger charge is 2.18. The molecule has 118 valence electrons. The third-order valence-corrected chi connectivity index (χ3v) is 4.22. The summed E-state index contributed by atoms with van der Waals surface area (Å²) in [6, 6.07) is 7.05. The van der Waals surface area contributed by atoms with Gasteiger partial charge in [0.1, 0.15) is 5.75 Å². The SMILES string of the molecule is CCC(Oc1ccc(Cl)cc1)C(=O)NCCSC(C)(C)C. The van der Waals surface area contributed by atoms with Crippen molar-refractivity contribution in [2.45, 2.75) is 45.0 Å². The highest BCUT2D eigenvalue weighted by molar-refractivity contribution is 8.00. The van der Waals surface area contributed by atoms with E-state index < -0.39 is 6.10 Å². The summed E-state index contributed by atoms with van der Waals surface area (Å²) >= 11 is 7.66. The molecule has 0 bridgehead atoms. The lowest BCUT2D eigenvalue weighted by Gasteiger charge is -2.19. The molecule has 1 amide bonds. The Balaban J connectivity index is 2.41. The van der Waals surface area contributed by atoms with Crippen LogP contribution in [-0.2, 0) is 4.79 Å². The van der Waals surface area contributed by atoms with Crippen molar-refractivity contribution in [1.82, 2.24) is 5.32 Å². The molecule has 1 N–H and O–H groups in total. The lowest BCUT2D eigenvalue weighted by atomic mass is 10.2. The number of carbonyl (C=O) groups excluding carboxylic acids is 1. The summed E-state index contributed by atoms with van der Waals surface area (Å²) < 4.78 is 5.92. The smallest absolute Gasteiger partial charge is 0.261 e. The number of benzene rings is 1. The Morgan fingerprint density at radius 1 is 1.33 bits per heavy atom. The third-order valence-electron chi connectivity index (χ3n) is 2.69. The zero-order chi connectivity index (χ0) is 15.9. The van der Waals surface area contributed by atoms with Gasteiger partial charge < -0.3 is 10.1 Å². The number of carbonyl (C=O) groups is 1. The van der Waals surface area contributed by atoms with E-state index in [0.29, 0.717) is 23.7 Å². The molecule has 1 aromatic carbocycles. The first-order valence-electron chi connectivity index (χ1n) is 7.15. The molecule has 0 aliphatic heterocycles. The average molecular weight is 330 g/mol. The fraction of sp³-hybridized carbons (Fsp3) is 0.562. The van der Waals surface area contributed by atoms with Crippen LogP contribution in [0.25, 0.3) is 0 Å². The van der Waals surface area contributed by atoms with Gasteiger partial charge in [-0.25, -0.2) is 0 Å². The maximum Gasteiger partial charge on any atom is 0.261 e. The fourth-order valence-corrected chi connectivity index (χ4v) is 2.59. The van der Waals surface area contributed by atoms with Crippen LogP contribution < -0.4 is 10.1 Å². The van der Waals surface area contributed by atoms with E-state index in [1.165, 1.54) is 0 Å². The van der Waals surface area contributed by atoms with Crippen molar-refractivity contribution in [1.29, 1.82) is 0 Å². The van der Waals surface area contributed by atoms with Crippen LogP contribution in [0, 0.1) is 0 Å². The van der Waals surface area contributed by atoms with Crippen LogP contribution in [0.4, 0.5) is 0 Å². The fourth-order valence-electron chi connectivity index (χ4n) is 1.64. The van der Waals surface area contributed by atoms with E-state index in [9.17, 15) is 4.79 Å². The van der Waals surface area contributed by atoms with Crippen LogP contribution in [0.2, 0.25) is 5.02 Å². The van der Waals surface area contributed by atoms with Crippen LogP contribution in [0.5, 0.6) is 5.75 Å². The first kappa shape index (κ1) is 18.2. The van der Waals surface area contributed by atoms with Gasteiger partial charge in [0.25, 0.3) is 5.91 Å². The van der Waals surface area contributed by atoms with Gasteiger partial charge in [0.05, 0.1) is 0 Å². The van der Waals surface area contributed by atoms with E-state index in [2.05, 4.69) is 26.1 Å². The van der Waals surface area contributed by atoms with Crippen molar-refractivity contribution in [2.24, 2.45) is 0 Å². The Morgan fingerprint density at radius 2 is 1.95 bits per heavy atom. The van der Waals surface area contributed by atoms with Crippen molar-refractivity contribution >= 4 is 29.3 Å². The van der Waals surface area contributed by atoms with E-state index in [0.717, 1.165) is 5.75 Å². The number of nitrogens with one attached hydrogen (secondary N) is 1. The Labute approximate surface area is 136 Å². The summed E-state index contributed by atoms with van der Waals surface area (Å²) in [4.78, 5) is 12.1. The second-order valence-electron chi connectivity index (χ2n) is 5.72. The molecule has 0 heterocycles. The van der Waals surface area contributed by atoms with Gasteiger partial charge in [-0.05, 0) is 30.7 Å². The Bertz CT molecular complexity index is 443. The number of amides is 1. The molecule has 1 atom stereocenters. The summed E-state index contributed by atoms with van der Waals surface area (Å²) in [7, 11) is 0. The first-order chi connectivity index (χ1) is 9.81. The van der Waals surface area contributed by atoms with Gasteiger partial charge in [-0.2, -0.15) is 11.8 Å². The van der Waals surface area contributed by atoms with Crippen molar-refractivity contribution in [3.63, 3.8) is 0 Å². The van der Waals surface area contributed by atoms with Crippen molar-refractivity contribution in [3.8, 4) is 5.75 Å². The number of hydrogen-bond donors (Lipinski definition) is 1. The van der Waals surface area contributed by atoms with Crippen LogP contribution >= 0.6 is 23.4 Å². The number of ether oxygens (including phenoxy) is 1. The zero-order valence-electron chi connectivity index (χ0n) is 13.1. The molecular formula is C16H24ClNO2S. The molecule has 5 heteroatoms. The molecule has 0 saturated carbocycles. The van der Waals surface area contributed by atoms with E-state index in [1.54, 1.807) is 24.3 Å². The van der Waals surface area contributed by atoms with Gasteiger partial charge in [-0.15, -0.1) is 0 Å². The maximum atomic E-state index is 12.1. The molecule has 3 nitrogen and oxygen atoms in total. The molecule has 21 heavy (non-hydrogen) atoms. The summed E-state index contributed by atoms with van der Waals surface area (Å²) in [5.41, 5.74) is 0. The molecular weight excluding hydrogens is 306 g/mol. The molecule has 1 rings (SSSR count). The van der Waals surface area contributed by atoms with Gasteiger partial charge in [-0.1, -0.05) is 39.3 Å². The first-order valence-corrected chi connectivity index (χ1v) is 8.52. The van der Waals surface area contributed by atoms with Gasteiger partial charge in [-0.3, -0.25) is 4.79 Å². The van der Waals surface area contributed by atoms with Gasteiger partial charge in [0.15, 0.2) is 6.10 Å². The van der Waals surface area contributed by atoms with E-state index in [-0.39, 0.29) is 10.7 Å². The minimum absolute atomic E-state index is 0.0676. The second kappa shape index (κ2) is 8.54. The highest BCUT2D eigenvalue weighted by atomic mass is 35.5. The lowest BCUT2D eigenvalue weighted by molar-refractivity contribution is -0.127. The minimum Gasteiger partial charge on any atom is -0.481 e. The van der Waals surface area contributed by atoms with Gasteiger partial charge in [0.2, 0.25) is 0 Å². The van der Waals surface area contributed by atoms with Crippen molar-refractivity contribution in [3.05, 3.63) is 29.3 Å². The predicted octanol–water partition coefficient (Wildman–Crippen LogP) is 4.15. The van der Waals surface area contributed by atoms with Crippen LogP contribution in [0.1, 0.15) is 34.1 Å². The Kier molecular flexibility index (Phi) is 7.40. The van der Waals surface area contributed by atoms with Gasteiger partial charge in [0, 0.05) is 22.1 Å². The summed E-state index contributed by atoms with van der Waals surface area (Å²) in [5.74, 6) is 1.49. The molecule has 1 unspecified atom stereocenters. The molecule has 0 spiro atoms. The number of thioether (sulfide) groups is 1. The second-order valence-corrected chi connectivity index (χ2v) is 8.08. The van der Waals surface area contributed by atoms with E-state index in [4.69, 9.17) is 16.3 Å². The Hall–Kier alpha value is -0.870. The molecule has 0 saturated heterocycles. The molecule has 1 aromatic rings. The maximum absolute atomic E-state index is 12.1. The number of rotatable bonds is 7. The average Bonchev–Trinajstić information content (AvgIpc) is 2.41. The lowest BCUT2D eigenvalue weighted by Crippen LogP contribution is -2.39. The van der Waals surface area contributed by atoms with E-state index >= 15 is 0 Å². The van der Waals surface area contributed by atoms with Crippen LogP contribution in [-0.4, -0.2) is 29.1 Å². The molecule has 0 aromatic heterocycles. The zero-order valence-corrected chi connectivity index (χ0v) is 14.7. The largest absolute Gasteiger partial charge is 0.481 e. The monoisotopic (exact) mass is 329 g/mol. The van der Waals surface area contributed by atoms with Gasteiger partial charge >= 0.3 is 0 Å². The predicted molar refractivity (Wildman–Crippen MR) is 91.4 cm³/mol. The Morgan fingerprint density at radius 3 is 2.48 bits per heavy atom. The molecule has 0 fully saturated rings. The molecule has 0 aliphatic rings. The van der Waals surface area contributed by atoms with Crippen molar-refractivity contribution < 1.29 is 9.53 Å². The molecule has 0 radical (unpaired) electrons. The standard InChI is InChI=1S/C16H24ClNO2S/c1-5-14(20-13-8-6-12(17)7-9-13)15(19)18-10-11-21-16(2,3)4/h6-9,14H,5,10-11H2,1-4H3,(H,18,19). The van der Waals surface area contributed by atoms with Crippen molar-refractivity contribution in [2.75, 3.05) is 12.3 Å². The van der Waals surface area contributed by atoms with Crippen LogP contribution in [0.3, 0.4) is 0 Å². The third kappa shape index (κ3) is 7.63. The topological polar surface area (TPSA) is 38.3 Å². The number of halogens is 1. The van der Waals surface area contributed by atoms with Crippen LogP contribution in [0.15, 0.2) is 24.3 Å². The minimum atomic E-state index is -0.467. The number of hydrogen-bond acceptors (Lipinski definition) is 3. The van der Waals surface area contributed by atoms with E-state index in [1.807, 2.05) is 18.7 Å². The summed E-state index contributed by atoms with van der Waals surface area (Å²) in [6.45, 7) is 9.08. The highest BCUT2D eigenvalue weighted by Crippen LogP contribution is 2.22. The summed E-state index contributed by atoms with van der Waals surface area (Å²) in [6.07, 6.45) is 0.159. The quantitative estimate of drug-likeness (QED) is 0.764. The molecule has 0 aliphatic carbocycles. The normalized spacial score (nSPS) is 12.8.